The first-order chi connectivity index (χ1) is 17.7. The van der Waals surface area contributed by atoms with E-state index in [1.807, 2.05) is 0 Å². The molecule has 0 unspecified atom stereocenters. The van der Waals surface area contributed by atoms with E-state index >= 15 is 0 Å². The molecular formula is C25H23Cl2N3O6S. The maximum Gasteiger partial charge on any atom is 0.319 e. The molecule has 1 heterocycles. The largest absolute Gasteiger partial charge is 0.497 e. The van der Waals surface area contributed by atoms with E-state index in [1.54, 1.807) is 31.2 Å². The molecule has 194 valence electrons. The zero-order chi connectivity index (χ0) is 27.1. The van der Waals surface area contributed by atoms with E-state index in [0.29, 0.717) is 23.6 Å². The number of ether oxygens (including phenoxy) is 3. The molecule has 0 saturated carbocycles. The van der Waals surface area contributed by atoms with Crippen LogP contribution >= 0.6 is 35.0 Å². The molecule has 2 amide bonds. The fraction of sp³-hybridized carbons (Fsp3) is 0.280. The molecule has 0 spiro atoms. The van der Waals surface area contributed by atoms with E-state index in [-0.39, 0.29) is 38.1 Å². The normalized spacial score (nSPS) is 16.9. The smallest absolute Gasteiger partial charge is 0.319 e. The summed E-state index contributed by atoms with van der Waals surface area (Å²) in [6, 6.07) is 11.8. The van der Waals surface area contributed by atoms with Gasteiger partial charge in [0.15, 0.2) is 5.75 Å². The van der Waals surface area contributed by atoms with Gasteiger partial charge >= 0.3 is 5.97 Å². The zero-order valence-electron chi connectivity index (χ0n) is 20.1. The minimum Gasteiger partial charge on any atom is -0.497 e. The van der Waals surface area contributed by atoms with Crippen LogP contribution in [0, 0.1) is 17.2 Å². The number of thioether (sulfide) groups is 1. The molecule has 12 heteroatoms. The molecule has 2 N–H and O–H groups in total. The van der Waals surface area contributed by atoms with Gasteiger partial charge in [0.2, 0.25) is 11.8 Å². The van der Waals surface area contributed by atoms with Crippen molar-refractivity contribution in [2.45, 2.75) is 12.8 Å². The number of hydrogen-bond donors (Lipinski definition) is 2. The Kier molecular flexibility index (Phi) is 9.69. The number of nitriles is 1. The molecule has 2 atom stereocenters. The number of carbonyl (C=O) groups excluding carboxylic acids is 3. The summed E-state index contributed by atoms with van der Waals surface area (Å²) in [5.74, 6) is -3.54. The minimum absolute atomic E-state index is 0.0635. The summed E-state index contributed by atoms with van der Waals surface area (Å²) < 4.78 is 15.4. The molecule has 0 fully saturated rings. The van der Waals surface area contributed by atoms with Crippen molar-refractivity contribution in [3.8, 4) is 17.6 Å². The summed E-state index contributed by atoms with van der Waals surface area (Å²) in [6.07, 6.45) is 0. The van der Waals surface area contributed by atoms with Gasteiger partial charge in [0, 0.05) is 11.6 Å². The highest BCUT2D eigenvalue weighted by atomic mass is 35.5. The molecule has 0 radical (unpaired) electrons. The number of benzene rings is 2. The second-order valence-corrected chi connectivity index (χ2v) is 9.43. The maximum absolute atomic E-state index is 13.0. The van der Waals surface area contributed by atoms with Crippen molar-refractivity contribution >= 4 is 58.4 Å². The van der Waals surface area contributed by atoms with E-state index in [0.717, 1.165) is 18.9 Å². The summed E-state index contributed by atoms with van der Waals surface area (Å²) in [7, 11) is 2.69. The number of methoxy groups -OCH3 is 2. The summed E-state index contributed by atoms with van der Waals surface area (Å²) in [4.78, 5) is 38.2. The molecule has 0 aromatic heterocycles. The Balaban J connectivity index is 1.93. The number of rotatable bonds is 9. The topological polar surface area (TPSA) is 127 Å². The first-order valence-electron chi connectivity index (χ1n) is 10.9. The monoisotopic (exact) mass is 563 g/mol. The van der Waals surface area contributed by atoms with Crippen LogP contribution in [0.5, 0.6) is 11.5 Å². The Hall–Kier alpha value is -3.39. The van der Waals surface area contributed by atoms with Crippen LogP contribution in [0.3, 0.4) is 0 Å². The van der Waals surface area contributed by atoms with Gasteiger partial charge < -0.3 is 24.8 Å². The number of esters is 1. The van der Waals surface area contributed by atoms with Gasteiger partial charge in [0.25, 0.3) is 0 Å². The number of nitrogens with zero attached hydrogens (tertiary/aromatic N) is 1. The van der Waals surface area contributed by atoms with Gasteiger partial charge in [-0.25, -0.2) is 0 Å². The first kappa shape index (κ1) is 28.2. The van der Waals surface area contributed by atoms with Crippen LogP contribution in [0.1, 0.15) is 18.4 Å². The highest BCUT2D eigenvalue weighted by Crippen LogP contribution is 2.44. The zero-order valence-corrected chi connectivity index (χ0v) is 22.4. The van der Waals surface area contributed by atoms with Crippen LogP contribution in [0.4, 0.5) is 5.69 Å². The third-order valence-electron chi connectivity index (χ3n) is 5.37. The lowest BCUT2D eigenvalue weighted by Gasteiger charge is -2.31. The van der Waals surface area contributed by atoms with Crippen molar-refractivity contribution in [3.05, 3.63) is 62.6 Å². The molecule has 2 aromatic rings. The Labute approximate surface area is 228 Å². The second kappa shape index (κ2) is 12.7. The van der Waals surface area contributed by atoms with Gasteiger partial charge in [-0.3, -0.25) is 14.4 Å². The van der Waals surface area contributed by atoms with Crippen molar-refractivity contribution in [2.75, 3.05) is 31.9 Å². The van der Waals surface area contributed by atoms with Gasteiger partial charge in [-0.2, -0.15) is 5.26 Å². The predicted octanol–water partition coefficient (Wildman–Crippen LogP) is 4.51. The van der Waals surface area contributed by atoms with Gasteiger partial charge in [-0.15, -0.1) is 0 Å². The molecule has 9 nitrogen and oxygen atoms in total. The van der Waals surface area contributed by atoms with Crippen LogP contribution in [-0.2, 0) is 19.1 Å². The molecule has 2 aromatic carbocycles. The molecule has 1 aliphatic rings. The van der Waals surface area contributed by atoms with E-state index in [1.165, 1.54) is 19.2 Å². The predicted molar refractivity (Wildman–Crippen MR) is 141 cm³/mol. The highest BCUT2D eigenvalue weighted by Gasteiger charge is 2.44. The number of carbonyl (C=O) groups is 3. The van der Waals surface area contributed by atoms with E-state index in [2.05, 4.69) is 16.7 Å². The fourth-order valence-corrected chi connectivity index (χ4v) is 5.19. The lowest BCUT2D eigenvalue weighted by molar-refractivity contribution is -0.150. The van der Waals surface area contributed by atoms with Gasteiger partial charge in [-0.05, 0) is 48.9 Å². The van der Waals surface area contributed by atoms with Gasteiger partial charge in [0.1, 0.15) is 11.7 Å². The van der Waals surface area contributed by atoms with Gasteiger partial charge in [0.05, 0.1) is 53.3 Å². The average molecular weight is 564 g/mol. The quantitative estimate of drug-likeness (QED) is 0.337. The van der Waals surface area contributed by atoms with Crippen LogP contribution in [0.15, 0.2) is 47.0 Å². The number of nitrogens with one attached hydrogen (secondary N) is 2. The summed E-state index contributed by atoms with van der Waals surface area (Å²) in [6.45, 7) is 2.09. The van der Waals surface area contributed by atoms with Crippen LogP contribution in [0.25, 0.3) is 0 Å². The van der Waals surface area contributed by atoms with E-state index in [9.17, 15) is 19.6 Å². The third-order valence-corrected chi connectivity index (χ3v) is 6.95. The van der Waals surface area contributed by atoms with Crippen molar-refractivity contribution in [3.63, 3.8) is 0 Å². The van der Waals surface area contributed by atoms with E-state index in [4.69, 9.17) is 37.4 Å². The second-order valence-electron chi connectivity index (χ2n) is 7.63. The van der Waals surface area contributed by atoms with Crippen LogP contribution in [-0.4, -0.2) is 44.4 Å². The summed E-state index contributed by atoms with van der Waals surface area (Å²) in [5.41, 5.74) is 0.963. The third kappa shape index (κ3) is 6.49. The Morgan fingerprint density at radius 3 is 2.35 bits per heavy atom. The lowest BCUT2D eigenvalue weighted by Crippen LogP contribution is -2.44. The number of allylic oxidation sites excluding steroid dienone is 1. The van der Waals surface area contributed by atoms with Crippen molar-refractivity contribution in [1.29, 1.82) is 5.26 Å². The number of anilines is 1. The minimum atomic E-state index is -1.37. The molecule has 0 bridgehead atoms. The van der Waals surface area contributed by atoms with Gasteiger partial charge in [-0.1, -0.05) is 35.0 Å². The highest BCUT2D eigenvalue weighted by molar-refractivity contribution is 8.03. The molecule has 1 aliphatic heterocycles. The Bertz CT molecular complexity index is 1250. The van der Waals surface area contributed by atoms with Crippen LogP contribution < -0.4 is 20.1 Å². The molecular weight excluding hydrogens is 541 g/mol. The first-order valence-corrected chi connectivity index (χ1v) is 12.7. The average Bonchev–Trinajstić information content (AvgIpc) is 2.89. The molecule has 3 rings (SSSR count). The summed E-state index contributed by atoms with van der Waals surface area (Å²) in [5, 5.41) is 15.8. The standard InChI is InChI=1S/C25H23Cl2N3O6S/c1-4-36-22-17(26)9-13(10-18(22)27)20-16(11-28)24(30-23(32)21(20)25(33)35-3)37-12-19(31)29-14-5-7-15(34-2)8-6-14/h5-10,20-21H,4,12H2,1-3H3,(H,29,31)(H,30,32)/t20-,21+/m1/s1. The van der Waals surface area contributed by atoms with Crippen molar-refractivity contribution in [2.24, 2.45) is 5.92 Å². The Morgan fingerprint density at radius 1 is 1.16 bits per heavy atom. The molecule has 37 heavy (non-hydrogen) atoms. The lowest BCUT2D eigenvalue weighted by atomic mass is 9.78. The van der Waals surface area contributed by atoms with Crippen molar-refractivity contribution < 1.29 is 28.6 Å². The number of amides is 2. The fourth-order valence-electron chi connectivity index (χ4n) is 3.73. The van der Waals surface area contributed by atoms with E-state index < -0.39 is 23.7 Å². The van der Waals surface area contributed by atoms with Crippen molar-refractivity contribution in [1.82, 2.24) is 5.32 Å². The number of halogens is 2. The number of hydrogen-bond acceptors (Lipinski definition) is 8. The maximum atomic E-state index is 13.0. The Morgan fingerprint density at radius 2 is 1.81 bits per heavy atom. The molecule has 0 saturated heterocycles. The van der Waals surface area contributed by atoms with Crippen LogP contribution in [0.2, 0.25) is 10.0 Å². The summed E-state index contributed by atoms with van der Waals surface area (Å²) >= 11 is 13.7. The molecule has 0 aliphatic carbocycles. The SMILES string of the molecule is CCOc1c(Cl)cc([C@@H]2C(C#N)=C(SCC(=O)Nc3ccc(OC)cc3)NC(=O)[C@H]2C(=O)OC)cc1Cl.